The Hall–Kier alpha value is -5.90. The molecule has 0 aliphatic carbocycles. The molecule has 4 heterocycles. The maximum absolute atomic E-state index is 15.3. The number of alkyl halides is 3. The van der Waals surface area contributed by atoms with Gasteiger partial charge in [0.15, 0.2) is 0 Å². The van der Waals surface area contributed by atoms with Crippen molar-refractivity contribution < 1.29 is 36.7 Å². The predicted molar refractivity (Wildman–Crippen MR) is 190 cm³/mol. The fourth-order valence-corrected chi connectivity index (χ4v) is 7.07. The number of anilines is 4. The molecular formula is C38H36F4N8O4. The summed E-state index contributed by atoms with van der Waals surface area (Å²) in [5.41, 5.74) is 1.58. The lowest BCUT2D eigenvalue weighted by atomic mass is 10.0. The van der Waals surface area contributed by atoms with Crippen LogP contribution in [0.3, 0.4) is 0 Å². The Morgan fingerprint density at radius 2 is 1.61 bits per heavy atom. The van der Waals surface area contributed by atoms with Crippen LogP contribution >= 0.6 is 0 Å². The highest BCUT2D eigenvalue weighted by Gasteiger charge is 2.45. The summed E-state index contributed by atoms with van der Waals surface area (Å²) < 4.78 is 56.4. The third-order valence-electron chi connectivity index (χ3n) is 10.00. The Morgan fingerprint density at radius 1 is 0.926 bits per heavy atom. The predicted octanol–water partition coefficient (Wildman–Crippen LogP) is 5.49. The molecule has 0 saturated carbocycles. The second kappa shape index (κ2) is 14.9. The van der Waals surface area contributed by atoms with E-state index in [9.17, 15) is 32.3 Å². The number of benzene rings is 3. The second-order valence-corrected chi connectivity index (χ2v) is 13.5. The van der Waals surface area contributed by atoms with Crippen LogP contribution in [0.4, 0.5) is 40.7 Å². The molecule has 2 saturated heterocycles. The Labute approximate surface area is 307 Å². The second-order valence-electron chi connectivity index (χ2n) is 13.5. The van der Waals surface area contributed by atoms with Gasteiger partial charge in [0, 0.05) is 61.8 Å². The topological polar surface area (TPSA) is 140 Å². The van der Waals surface area contributed by atoms with Crippen LogP contribution in [0.25, 0.3) is 0 Å². The lowest BCUT2D eigenvalue weighted by Crippen LogP contribution is -2.54. The van der Waals surface area contributed by atoms with Gasteiger partial charge in [-0.15, -0.1) is 0 Å². The van der Waals surface area contributed by atoms with Crippen molar-refractivity contribution in [2.45, 2.75) is 57.0 Å². The molecule has 16 heteroatoms. The Balaban J connectivity index is 0.946. The standard InChI is InChI=1S/C38H36F4N8O4/c1-48(21-23-17-27-28(18-30(23)39)36(54)50(35(27)53)31-11-12-32(51)46-34(31)52)25-13-15-49(16-14-25)26-9-7-24(8-10-26)45-37-44-20-29(38(40,41)42)33(47-37)43-19-22-5-3-2-4-6-22/h2-10,17-18,20,25,31H,11-16,19,21H2,1H3,(H,46,51,52)(H2,43,44,45,47). The van der Waals surface area contributed by atoms with E-state index in [1.54, 1.807) is 36.4 Å². The van der Waals surface area contributed by atoms with Crippen LogP contribution in [0, 0.1) is 5.82 Å². The molecule has 1 aromatic heterocycles. The summed E-state index contributed by atoms with van der Waals surface area (Å²) in [5.74, 6) is -3.58. The molecule has 280 valence electrons. The lowest BCUT2D eigenvalue weighted by molar-refractivity contribution is -0.138. The highest BCUT2D eigenvalue weighted by atomic mass is 19.4. The van der Waals surface area contributed by atoms with Gasteiger partial charge in [-0.3, -0.25) is 34.3 Å². The third-order valence-corrected chi connectivity index (χ3v) is 10.00. The van der Waals surface area contributed by atoms with E-state index >= 15 is 4.39 Å². The van der Waals surface area contributed by atoms with Gasteiger partial charge in [-0.25, -0.2) is 9.37 Å². The highest BCUT2D eigenvalue weighted by molar-refractivity contribution is 6.23. The minimum absolute atomic E-state index is 0.00807. The molecule has 3 N–H and O–H groups in total. The molecule has 3 aliphatic heterocycles. The van der Waals surface area contributed by atoms with Crippen molar-refractivity contribution in [3.05, 3.63) is 107 Å². The summed E-state index contributed by atoms with van der Waals surface area (Å²) in [5, 5.41) is 7.92. The molecule has 1 atom stereocenters. The van der Waals surface area contributed by atoms with Crippen molar-refractivity contribution in [1.82, 2.24) is 25.1 Å². The van der Waals surface area contributed by atoms with Crippen LogP contribution in [0.2, 0.25) is 0 Å². The van der Waals surface area contributed by atoms with Crippen molar-refractivity contribution in [3.63, 3.8) is 0 Å². The van der Waals surface area contributed by atoms with Gasteiger partial charge in [-0.1, -0.05) is 30.3 Å². The van der Waals surface area contributed by atoms with Crippen molar-refractivity contribution in [1.29, 1.82) is 0 Å². The zero-order valence-electron chi connectivity index (χ0n) is 29.1. The molecule has 12 nitrogen and oxygen atoms in total. The molecule has 4 amide bonds. The van der Waals surface area contributed by atoms with Crippen LogP contribution < -0.4 is 20.9 Å². The van der Waals surface area contributed by atoms with Crippen LogP contribution in [-0.2, 0) is 28.9 Å². The van der Waals surface area contributed by atoms with Gasteiger partial charge in [0.2, 0.25) is 17.8 Å². The van der Waals surface area contributed by atoms with Gasteiger partial charge in [-0.05, 0) is 68.3 Å². The van der Waals surface area contributed by atoms with E-state index in [-0.39, 0.29) is 60.4 Å². The molecule has 4 aromatic rings. The van der Waals surface area contributed by atoms with E-state index in [0.717, 1.165) is 41.3 Å². The monoisotopic (exact) mass is 744 g/mol. The van der Waals surface area contributed by atoms with Gasteiger partial charge in [0.05, 0.1) is 11.1 Å². The fourth-order valence-electron chi connectivity index (χ4n) is 7.07. The number of nitrogens with one attached hydrogen (secondary N) is 3. The van der Waals surface area contributed by atoms with Crippen molar-refractivity contribution in [2.24, 2.45) is 0 Å². The van der Waals surface area contributed by atoms with Crippen LogP contribution in [0.1, 0.15) is 63.1 Å². The van der Waals surface area contributed by atoms with E-state index in [4.69, 9.17) is 0 Å². The summed E-state index contributed by atoms with van der Waals surface area (Å²) in [6.07, 6.45) is -2.34. The first-order valence-corrected chi connectivity index (χ1v) is 17.4. The van der Waals surface area contributed by atoms with E-state index in [1.165, 1.54) is 6.07 Å². The quantitative estimate of drug-likeness (QED) is 0.141. The number of carbonyl (C=O) groups excluding carboxylic acids is 4. The number of piperidine rings is 2. The first-order chi connectivity index (χ1) is 25.9. The van der Waals surface area contributed by atoms with Gasteiger partial charge in [0.25, 0.3) is 11.8 Å². The number of fused-ring (bicyclic) bond motifs is 1. The fraction of sp³-hybridized carbons (Fsp3) is 0.316. The van der Waals surface area contributed by atoms with Crippen molar-refractivity contribution >= 4 is 46.8 Å². The summed E-state index contributed by atoms with van der Waals surface area (Å²) in [7, 11) is 1.88. The van der Waals surface area contributed by atoms with Crippen LogP contribution in [0.5, 0.6) is 0 Å². The van der Waals surface area contributed by atoms with Gasteiger partial charge in [-0.2, -0.15) is 18.2 Å². The first-order valence-electron chi connectivity index (χ1n) is 17.4. The number of nitrogens with zero attached hydrogens (tertiary/aromatic N) is 5. The zero-order chi connectivity index (χ0) is 38.1. The summed E-state index contributed by atoms with van der Waals surface area (Å²) in [4.78, 5) is 63.3. The van der Waals surface area contributed by atoms with E-state index < -0.39 is 47.2 Å². The van der Waals surface area contributed by atoms with Gasteiger partial charge >= 0.3 is 6.18 Å². The molecule has 1 unspecified atom stereocenters. The smallest absolute Gasteiger partial charge is 0.371 e. The summed E-state index contributed by atoms with van der Waals surface area (Å²) >= 11 is 0. The number of imide groups is 2. The number of hydrogen-bond acceptors (Lipinski definition) is 10. The summed E-state index contributed by atoms with van der Waals surface area (Å²) in [6.45, 7) is 1.77. The molecule has 0 bridgehead atoms. The molecule has 3 aromatic carbocycles. The number of hydrogen-bond donors (Lipinski definition) is 3. The minimum atomic E-state index is -4.63. The van der Waals surface area contributed by atoms with E-state index in [2.05, 4.69) is 30.8 Å². The average molecular weight is 745 g/mol. The van der Waals surface area contributed by atoms with Gasteiger partial charge in [0.1, 0.15) is 23.2 Å². The third kappa shape index (κ3) is 7.60. The van der Waals surface area contributed by atoms with Crippen LogP contribution in [-0.4, -0.2) is 75.6 Å². The number of halogens is 4. The Bertz CT molecular complexity index is 2090. The molecule has 0 spiro atoms. The number of aromatic nitrogens is 2. The molecule has 2 fully saturated rings. The molecule has 7 rings (SSSR count). The lowest BCUT2D eigenvalue weighted by Gasteiger charge is -2.38. The number of carbonyl (C=O) groups is 4. The number of rotatable bonds is 10. The van der Waals surface area contributed by atoms with Crippen LogP contribution in [0.15, 0.2) is 72.9 Å². The highest BCUT2D eigenvalue weighted by Crippen LogP contribution is 2.35. The molecule has 0 radical (unpaired) electrons. The van der Waals surface area contributed by atoms with Crippen molar-refractivity contribution in [3.8, 4) is 0 Å². The Kier molecular flexibility index (Phi) is 10.0. The minimum Gasteiger partial charge on any atom is -0.371 e. The number of amides is 4. The summed E-state index contributed by atoms with van der Waals surface area (Å²) in [6, 6.07) is 17.9. The molecular weight excluding hydrogens is 708 g/mol. The van der Waals surface area contributed by atoms with Crippen molar-refractivity contribution in [2.75, 3.05) is 35.7 Å². The van der Waals surface area contributed by atoms with E-state index in [0.29, 0.717) is 18.8 Å². The van der Waals surface area contributed by atoms with E-state index in [1.807, 2.05) is 30.1 Å². The maximum atomic E-state index is 15.3. The SMILES string of the molecule is CN(Cc1cc2c(cc1F)C(=O)N(C1CCC(=O)NC1=O)C2=O)C1CCN(c2ccc(Nc3ncc(C(F)(F)F)c(NCc4ccccc4)n3)cc2)CC1. The first kappa shape index (κ1) is 36.5. The zero-order valence-corrected chi connectivity index (χ0v) is 29.1. The Morgan fingerprint density at radius 3 is 2.28 bits per heavy atom. The average Bonchev–Trinajstić information content (AvgIpc) is 3.38. The molecule has 54 heavy (non-hydrogen) atoms. The maximum Gasteiger partial charge on any atom is 0.421 e. The largest absolute Gasteiger partial charge is 0.421 e. The molecule has 3 aliphatic rings. The normalized spacial score (nSPS) is 17.9. The van der Waals surface area contributed by atoms with Gasteiger partial charge < -0.3 is 15.5 Å².